The van der Waals surface area contributed by atoms with Gasteiger partial charge in [-0.3, -0.25) is 14.2 Å². The van der Waals surface area contributed by atoms with E-state index in [4.69, 9.17) is 27.9 Å². The van der Waals surface area contributed by atoms with E-state index in [2.05, 4.69) is 20.9 Å². The standard InChI is InChI=1S/C16H14BrCl2FN2O5/c1-5(23)11(25)13-16(26,6(2)24)12(20)14(27-13)22-10-4-8(19)7(18)3-9(10)21-15(22)17/h3-4,11-14,25-26H,1-2H3/t11?,12-,13-,14-,16+/m1/s1. The number of imidazole rings is 1. The maximum atomic E-state index is 15.3. The van der Waals surface area contributed by atoms with Gasteiger partial charge in [-0.1, -0.05) is 23.2 Å². The van der Waals surface area contributed by atoms with Gasteiger partial charge in [0, 0.05) is 0 Å². The largest absolute Gasteiger partial charge is 0.382 e. The molecule has 0 bridgehead atoms. The van der Waals surface area contributed by atoms with Gasteiger partial charge in [0.1, 0.15) is 12.2 Å². The first-order chi connectivity index (χ1) is 12.5. The number of ketones is 2. The molecule has 0 amide bonds. The minimum absolute atomic E-state index is 0.118. The molecule has 2 heterocycles. The third-order valence-electron chi connectivity index (χ3n) is 4.60. The summed E-state index contributed by atoms with van der Waals surface area (Å²) < 4.78 is 22.1. The highest BCUT2D eigenvalue weighted by Gasteiger charge is 2.63. The Kier molecular flexibility index (Phi) is 5.39. The lowest BCUT2D eigenvalue weighted by atomic mass is 9.85. The van der Waals surface area contributed by atoms with Crippen LogP contribution < -0.4 is 0 Å². The van der Waals surface area contributed by atoms with Crippen LogP contribution in [0.1, 0.15) is 20.1 Å². The number of hydrogen-bond acceptors (Lipinski definition) is 6. The number of halogens is 4. The van der Waals surface area contributed by atoms with Gasteiger partial charge in [0.05, 0.1) is 21.1 Å². The van der Waals surface area contributed by atoms with Gasteiger partial charge < -0.3 is 14.9 Å². The monoisotopic (exact) mass is 482 g/mol. The van der Waals surface area contributed by atoms with Gasteiger partial charge in [0.15, 0.2) is 34.3 Å². The average Bonchev–Trinajstić information content (AvgIpc) is 3.02. The molecule has 27 heavy (non-hydrogen) atoms. The maximum Gasteiger partial charge on any atom is 0.187 e. The van der Waals surface area contributed by atoms with Crippen molar-refractivity contribution >= 4 is 61.7 Å². The Morgan fingerprint density at radius 3 is 2.52 bits per heavy atom. The second kappa shape index (κ2) is 7.06. The van der Waals surface area contributed by atoms with E-state index in [1.165, 1.54) is 16.7 Å². The Labute approximate surface area is 171 Å². The van der Waals surface area contributed by atoms with Crippen molar-refractivity contribution in [3.05, 3.63) is 26.9 Å². The van der Waals surface area contributed by atoms with E-state index in [-0.39, 0.29) is 14.8 Å². The lowest BCUT2D eigenvalue weighted by molar-refractivity contribution is -0.160. The molecule has 1 aliphatic heterocycles. The quantitative estimate of drug-likeness (QED) is 0.693. The number of rotatable bonds is 4. The predicted molar refractivity (Wildman–Crippen MR) is 98.6 cm³/mol. The summed E-state index contributed by atoms with van der Waals surface area (Å²) in [6.45, 7) is 2.00. The van der Waals surface area contributed by atoms with Crippen LogP contribution >= 0.6 is 39.1 Å². The molecule has 7 nitrogen and oxygen atoms in total. The predicted octanol–water partition coefficient (Wildman–Crippen LogP) is 2.61. The number of carbonyl (C=O) groups excluding carboxylic acids is 2. The van der Waals surface area contributed by atoms with Crippen LogP contribution in [0.25, 0.3) is 11.0 Å². The number of carbonyl (C=O) groups is 2. The number of benzene rings is 1. The molecule has 11 heteroatoms. The zero-order chi connectivity index (χ0) is 20.3. The van der Waals surface area contributed by atoms with Crippen LogP contribution in [-0.4, -0.2) is 55.3 Å². The van der Waals surface area contributed by atoms with Crippen molar-refractivity contribution in [2.24, 2.45) is 0 Å². The normalized spacial score (nSPS) is 29.3. The topological polar surface area (TPSA) is 102 Å². The number of hydrogen-bond donors (Lipinski definition) is 2. The van der Waals surface area contributed by atoms with Gasteiger partial charge in [-0.25, -0.2) is 9.37 Å². The highest BCUT2D eigenvalue weighted by molar-refractivity contribution is 9.10. The third-order valence-corrected chi connectivity index (χ3v) is 5.88. The van der Waals surface area contributed by atoms with E-state index >= 15 is 4.39 Å². The van der Waals surface area contributed by atoms with E-state index < -0.39 is 41.8 Å². The van der Waals surface area contributed by atoms with Crippen molar-refractivity contribution in [1.82, 2.24) is 9.55 Å². The minimum Gasteiger partial charge on any atom is -0.382 e. The fourth-order valence-corrected chi connectivity index (χ4v) is 4.01. The summed E-state index contributed by atoms with van der Waals surface area (Å²) in [7, 11) is 0. The van der Waals surface area contributed by atoms with Crippen molar-refractivity contribution in [3.63, 3.8) is 0 Å². The fraction of sp³-hybridized carbons (Fsp3) is 0.438. The van der Waals surface area contributed by atoms with Crippen LogP contribution in [-0.2, 0) is 14.3 Å². The minimum atomic E-state index is -2.72. The number of ether oxygens (including phenoxy) is 1. The van der Waals surface area contributed by atoms with Gasteiger partial charge >= 0.3 is 0 Å². The zero-order valence-electron chi connectivity index (χ0n) is 14.0. The van der Waals surface area contributed by atoms with Crippen LogP contribution in [0.3, 0.4) is 0 Å². The molecule has 2 N–H and O–H groups in total. The highest BCUT2D eigenvalue weighted by Crippen LogP contribution is 2.44. The Hall–Kier alpha value is -1.10. The van der Waals surface area contributed by atoms with E-state index in [9.17, 15) is 19.8 Å². The lowest BCUT2D eigenvalue weighted by Crippen LogP contribution is -2.57. The molecule has 1 fully saturated rings. The molecule has 146 valence electrons. The first-order valence-electron chi connectivity index (χ1n) is 7.74. The molecule has 3 rings (SSSR count). The lowest BCUT2D eigenvalue weighted by Gasteiger charge is -2.28. The summed E-state index contributed by atoms with van der Waals surface area (Å²) in [4.78, 5) is 27.8. The molecular weight excluding hydrogens is 470 g/mol. The van der Waals surface area contributed by atoms with Gasteiger partial charge in [0.2, 0.25) is 0 Å². The van der Waals surface area contributed by atoms with Gasteiger partial charge in [-0.2, -0.15) is 0 Å². The first-order valence-corrected chi connectivity index (χ1v) is 9.29. The van der Waals surface area contributed by atoms with Crippen LogP contribution in [0, 0.1) is 0 Å². The number of nitrogens with zero attached hydrogens (tertiary/aromatic N) is 2. The van der Waals surface area contributed by atoms with E-state index in [1.54, 1.807) is 0 Å². The number of aliphatic hydroxyl groups excluding tert-OH is 1. The molecule has 1 aromatic carbocycles. The van der Waals surface area contributed by atoms with Crippen LogP contribution in [0.4, 0.5) is 4.39 Å². The van der Waals surface area contributed by atoms with Gasteiger partial charge in [-0.15, -0.1) is 0 Å². The molecule has 1 unspecified atom stereocenters. The van der Waals surface area contributed by atoms with Crippen molar-refractivity contribution < 1.29 is 28.9 Å². The first kappa shape index (κ1) is 20.6. The zero-order valence-corrected chi connectivity index (χ0v) is 17.1. The summed E-state index contributed by atoms with van der Waals surface area (Å²) in [5, 5.41) is 21.2. The average molecular weight is 484 g/mol. The molecule has 1 saturated heterocycles. The molecule has 1 aliphatic rings. The fourth-order valence-electron chi connectivity index (χ4n) is 3.11. The number of aromatic nitrogens is 2. The Morgan fingerprint density at radius 2 is 1.96 bits per heavy atom. The molecule has 5 atom stereocenters. The number of aliphatic hydroxyl groups is 2. The number of alkyl halides is 1. The molecule has 1 aromatic heterocycles. The van der Waals surface area contributed by atoms with Gasteiger partial charge in [-0.05, 0) is 41.9 Å². The van der Waals surface area contributed by atoms with Crippen molar-refractivity contribution in [3.8, 4) is 0 Å². The number of fused-ring (bicyclic) bond motifs is 1. The van der Waals surface area contributed by atoms with E-state index in [0.717, 1.165) is 13.8 Å². The Balaban J connectivity index is 2.17. The van der Waals surface area contributed by atoms with Crippen molar-refractivity contribution in [1.29, 1.82) is 0 Å². The maximum absolute atomic E-state index is 15.3. The molecule has 0 aliphatic carbocycles. The van der Waals surface area contributed by atoms with E-state index in [1.807, 2.05) is 0 Å². The summed E-state index contributed by atoms with van der Waals surface area (Å²) in [5.74, 6) is -1.76. The second-order valence-electron chi connectivity index (χ2n) is 6.29. The molecule has 0 saturated carbocycles. The highest BCUT2D eigenvalue weighted by atomic mass is 79.9. The third kappa shape index (κ3) is 3.10. The summed E-state index contributed by atoms with van der Waals surface area (Å²) in [6.07, 6.45) is -7.54. The molecule has 0 radical (unpaired) electrons. The Morgan fingerprint density at radius 1 is 1.37 bits per heavy atom. The molecular formula is C16H14BrCl2FN2O5. The molecule has 0 spiro atoms. The molecule has 2 aromatic rings. The van der Waals surface area contributed by atoms with Gasteiger partial charge in [0.25, 0.3) is 0 Å². The van der Waals surface area contributed by atoms with Crippen LogP contribution in [0.5, 0.6) is 0 Å². The Bertz CT molecular complexity index is 955. The SMILES string of the molecule is CC(=O)C(O)[C@H]1O[C@@H](n2c(Br)nc3cc(Cl)c(Cl)cc32)[C@@H](F)[C@@]1(O)C(C)=O. The van der Waals surface area contributed by atoms with Crippen LogP contribution in [0.2, 0.25) is 10.0 Å². The summed E-state index contributed by atoms with van der Waals surface area (Å²) in [6, 6.07) is 2.89. The van der Waals surface area contributed by atoms with Crippen molar-refractivity contribution in [2.75, 3.05) is 0 Å². The summed E-state index contributed by atoms with van der Waals surface area (Å²) in [5.41, 5.74) is -2.05. The van der Waals surface area contributed by atoms with E-state index in [0.29, 0.717) is 11.0 Å². The van der Waals surface area contributed by atoms with Crippen molar-refractivity contribution in [2.45, 2.75) is 44.1 Å². The second-order valence-corrected chi connectivity index (χ2v) is 7.82. The van der Waals surface area contributed by atoms with Crippen LogP contribution in [0.15, 0.2) is 16.9 Å². The smallest absolute Gasteiger partial charge is 0.187 e. The number of Topliss-reactive ketones (excluding diaryl/α,β-unsaturated/α-hetero) is 2. The summed E-state index contributed by atoms with van der Waals surface area (Å²) >= 11 is 15.2.